The lowest BCUT2D eigenvalue weighted by Gasteiger charge is -2.12. The maximum absolute atomic E-state index is 13.8. The van der Waals surface area contributed by atoms with Crippen LogP contribution in [0.5, 0.6) is 0 Å². The Morgan fingerprint density at radius 1 is 0.828 bits per heavy atom. The van der Waals surface area contributed by atoms with Crippen molar-refractivity contribution in [1.82, 2.24) is 9.29 Å². The van der Waals surface area contributed by atoms with E-state index >= 15 is 0 Å². The molecule has 2 heterocycles. The highest BCUT2D eigenvalue weighted by molar-refractivity contribution is 7.90. The molecule has 0 bridgehead atoms. The molecule has 1 N–H and O–H groups in total. The molecule has 5 heteroatoms. The van der Waals surface area contributed by atoms with Gasteiger partial charge in [-0.05, 0) is 61.4 Å². The molecule has 0 radical (unpaired) electrons. The van der Waals surface area contributed by atoms with Crippen LogP contribution in [0.15, 0.2) is 77.8 Å². The first-order chi connectivity index (χ1) is 14.2. The Hall–Kier alpha value is -2.63. The Morgan fingerprint density at radius 2 is 1.59 bits per heavy atom. The third-order valence-corrected chi connectivity index (χ3v) is 7.74. The third kappa shape index (κ3) is 3.15. The van der Waals surface area contributed by atoms with Gasteiger partial charge in [-0.2, -0.15) is 0 Å². The van der Waals surface area contributed by atoms with E-state index in [4.69, 9.17) is 0 Å². The van der Waals surface area contributed by atoms with E-state index in [1.807, 2.05) is 60.8 Å². The molecule has 3 aromatic carbocycles. The molecule has 0 spiro atoms. The minimum absolute atomic E-state index is 0.352. The molecule has 1 aliphatic rings. The zero-order chi connectivity index (χ0) is 19.8. The minimum atomic E-state index is -3.72. The van der Waals surface area contributed by atoms with Crippen molar-refractivity contribution in [3.05, 3.63) is 78.5 Å². The molecular weight excluding hydrogens is 380 g/mol. The van der Waals surface area contributed by atoms with E-state index in [1.165, 1.54) is 3.97 Å². The van der Waals surface area contributed by atoms with Crippen molar-refractivity contribution in [2.45, 2.75) is 30.1 Å². The molecule has 1 saturated heterocycles. The molecule has 4 nitrogen and oxygen atoms in total. The average molecular weight is 405 g/mol. The predicted octanol–water partition coefficient (Wildman–Crippen LogP) is 4.89. The van der Waals surface area contributed by atoms with Crippen LogP contribution in [0.2, 0.25) is 0 Å². The fourth-order valence-corrected chi connectivity index (χ4v) is 6.15. The lowest BCUT2D eigenvalue weighted by atomic mass is 9.92. The van der Waals surface area contributed by atoms with Gasteiger partial charge in [-0.3, -0.25) is 0 Å². The van der Waals surface area contributed by atoms with Crippen molar-refractivity contribution < 1.29 is 8.42 Å². The molecule has 0 aliphatic carbocycles. The van der Waals surface area contributed by atoms with E-state index in [1.54, 1.807) is 6.07 Å². The second-order valence-electron chi connectivity index (χ2n) is 7.76. The topological polar surface area (TPSA) is 51.1 Å². The molecule has 1 aromatic heterocycles. The third-order valence-electron chi connectivity index (χ3n) is 6.01. The van der Waals surface area contributed by atoms with Gasteiger partial charge >= 0.3 is 0 Å². The van der Waals surface area contributed by atoms with E-state index in [0.717, 1.165) is 59.6 Å². The zero-order valence-electron chi connectivity index (χ0n) is 16.2. The standard InChI is InChI=1S/C24H24N2O2S/c27-29(28,24-13-5-8-18-7-1-2-10-20(18)24)26-17-22(19-9-6-15-25-16-14-19)21-11-3-4-12-23(21)26/h1-5,7-8,10-13,17,19,25H,6,9,14-16H2. The summed E-state index contributed by atoms with van der Waals surface area (Å²) >= 11 is 0. The number of nitrogens with zero attached hydrogens (tertiary/aromatic N) is 1. The summed E-state index contributed by atoms with van der Waals surface area (Å²) in [7, 11) is -3.72. The normalized spacial score (nSPS) is 18.1. The van der Waals surface area contributed by atoms with Crippen molar-refractivity contribution in [3.8, 4) is 0 Å². The molecule has 0 saturated carbocycles. The smallest absolute Gasteiger partial charge is 0.268 e. The quantitative estimate of drug-likeness (QED) is 0.529. The first-order valence-electron chi connectivity index (χ1n) is 10.2. The summed E-state index contributed by atoms with van der Waals surface area (Å²) < 4.78 is 29.1. The van der Waals surface area contributed by atoms with Gasteiger partial charge in [-0.15, -0.1) is 0 Å². The van der Waals surface area contributed by atoms with Crippen LogP contribution in [0.1, 0.15) is 30.7 Å². The van der Waals surface area contributed by atoms with Gasteiger partial charge in [0, 0.05) is 17.0 Å². The number of hydrogen-bond donors (Lipinski definition) is 1. The van der Waals surface area contributed by atoms with Crippen molar-refractivity contribution in [1.29, 1.82) is 0 Å². The van der Waals surface area contributed by atoms with Crippen molar-refractivity contribution in [3.63, 3.8) is 0 Å². The second-order valence-corrected chi connectivity index (χ2v) is 9.54. The van der Waals surface area contributed by atoms with Crippen molar-refractivity contribution in [2.24, 2.45) is 0 Å². The molecule has 1 aliphatic heterocycles. The highest BCUT2D eigenvalue weighted by atomic mass is 32.2. The van der Waals surface area contributed by atoms with E-state index in [2.05, 4.69) is 11.4 Å². The van der Waals surface area contributed by atoms with E-state index in [0.29, 0.717) is 10.8 Å². The lowest BCUT2D eigenvalue weighted by molar-refractivity contribution is 0.588. The summed E-state index contributed by atoms with van der Waals surface area (Å²) in [6.07, 6.45) is 5.09. The minimum Gasteiger partial charge on any atom is -0.317 e. The summed E-state index contributed by atoms with van der Waals surface area (Å²) in [4.78, 5) is 0.352. The van der Waals surface area contributed by atoms with Crippen LogP contribution in [-0.2, 0) is 10.0 Å². The predicted molar refractivity (Wildman–Crippen MR) is 118 cm³/mol. The molecule has 1 fully saturated rings. The van der Waals surface area contributed by atoms with Crippen LogP contribution >= 0.6 is 0 Å². The van der Waals surface area contributed by atoms with Crippen molar-refractivity contribution in [2.75, 3.05) is 13.1 Å². The summed E-state index contributed by atoms with van der Waals surface area (Å²) in [5, 5.41) is 6.19. The average Bonchev–Trinajstić information content (AvgIpc) is 2.94. The number of rotatable bonds is 3. The van der Waals surface area contributed by atoms with Crippen LogP contribution in [0.3, 0.4) is 0 Å². The summed E-state index contributed by atoms with van der Waals surface area (Å²) in [5.74, 6) is 0.374. The molecule has 5 rings (SSSR count). The number of nitrogens with one attached hydrogen (secondary N) is 1. The van der Waals surface area contributed by atoms with Gasteiger partial charge < -0.3 is 5.32 Å². The van der Waals surface area contributed by atoms with Crippen molar-refractivity contribution >= 4 is 31.7 Å². The first-order valence-corrected chi connectivity index (χ1v) is 11.6. The molecule has 1 atom stereocenters. The Morgan fingerprint density at radius 3 is 2.48 bits per heavy atom. The maximum Gasteiger partial charge on any atom is 0.268 e. The van der Waals surface area contributed by atoms with Gasteiger partial charge in [0.15, 0.2) is 0 Å². The summed E-state index contributed by atoms with van der Waals surface area (Å²) in [5.41, 5.74) is 1.90. The van der Waals surface area contributed by atoms with Crippen LogP contribution in [0.4, 0.5) is 0 Å². The number of para-hydroxylation sites is 1. The molecular formula is C24H24N2O2S. The number of aromatic nitrogens is 1. The molecule has 148 valence electrons. The highest BCUT2D eigenvalue weighted by Crippen LogP contribution is 2.36. The summed E-state index contributed by atoms with van der Waals surface area (Å²) in [6.45, 7) is 2.00. The fraction of sp³-hybridized carbons (Fsp3) is 0.250. The van der Waals surface area contributed by atoms with Crippen LogP contribution < -0.4 is 5.32 Å². The van der Waals surface area contributed by atoms with Gasteiger partial charge in [-0.1, -0.05) is 54.6 Å². The van der Waals surface area contributed by atoms with Gasteiger partial charge in [0.1, 0.15) is 0 Å². The van der Waals surface area contributed by atoms with Gasteiger partial charge in [0.05, 0.1) is 10.4 Å². The van der Waals surface area contributed by atoms with Gasteiger partial charge in [0.25, 0.3) is 10.0 Å². The van der Waals surface area contributed by atoms with Gasteiger partial charge in [-0.25, -0.2) is 12.4 Å². The Bertz CT molecular complexity index is 1280. The van der Waals surface area contributed by atoms with Crippen LogP contribution in [-0.4, -0.2) is 25.5 Å². The zero-order valence-corrected chi connectivity index (χ0v) is 17.0. The molecule has 1 unspecified atom stereocenters. The van der Waals surface area contributed by atoms with Crippen LogP contribution in [0.25, 0.3) is 21.7 Å². The SMILES string of the molecule is O=S(=O)(c1cccc2ccccc12)n1cc(C2CCCNCC2)c2ccccc21. The Labute approximate surface area is 171 Å². The Kier molecular flexibility index (Phi) is 4.64. The lowest BCUT2D eigenvalue weighted by Crippen LogP contribution is -2.14. The Balaban J connectivity index is 1.72. The van der Waals surface area contributed by atoms with E-state index in [9.17, 15) is 8.42 Å². The molecule has 0 amide bonds. The molecule has 29 heavy (non-hydrogen) atoms. The fourth-order valence-electron chi connectivity index (χ4n) is 4.56. The monoisotopic (exact) mass is 404 g/mol. The largest absolute Gasteiger partial charge is 0.317 e. The number of fused-ring (bicyclic) bond motifs is 2. The number of benzene rings is 3. The maximum atomic E-state index is 13.8. The van der Waals surface area contributed by atoms with E-state index < -0.39 is 10.0 Å². The van der Waals surface area contributed by atoms with E-state index in [-0.39, 0.29) is 0 Å². The van der Waals surface area contributed by atoms with Gasteiger partial charge in [0.2, 0.25) is 0 Å². The highest BCUT2D eigenvalue weighted by Gasteiger charge is 2.26. The number of hydrogen-bond acceptors (Lipinski definition) is 3. The molecule has 4 aromatic rings. The summed E-state index contributed by atoms with van der Waals surface area (Å²) in [6, 6.07) is 21.0. The second kappa shape index (κ2) is 7.32. The van der Waals surface area contributed by atoms with Crippen LogP contribution in [0, 0.1) is 0 Å². The first kappa shape index (κ1) is 18.4.